The van der Waals surface area contributed by atoms with Crippen LogP contribution in [0.1, 0.15) is 16.4 Å². The standard InChI is InChI=1S/C16H13N7OS2/c1-22-13-11(5-19-23(16(13)24)6-9-2-3-18-21-9)14-15(22)20-12(26-14)4-10-7-25-8-17-10/h2-3,5,7-8H,4,6H2,1H3,(H,18,21). The van der Waals surface area contributed by atoms with Crippen molar-refractivity contribution in [2.45, 2.75) is 13.0 Å². The van der Waals surface area contributed by atoms with Crippen molar-refractivity contribution in [2.75, 3.05) is 0 Å². The minimum atomic E-state index is -0.133. The number of fused-ring (bicyclic) bond motifs is 3. The molecular weight excluding hydrogens is 370 g/mol. The Hall–Kier alpha value is -2.85. The molecule has 0 unspecified atom stereocenters. The summed E-state index contributed by atoms with van der Waals surface area (Å²) < 4.78 is 4.29. The van der Waals surface area contributed by atoms with E-state index in [1.807, 2.05) is 28.6 Å². The zero-order valence-corrected chi connectivity index (χ0v) is 15.3. The van der Waals surface area contributed by atoms with Gasteiger partial charge < -0.3 is 4.57 Å². The minimum Gasteiger partial charge on any atom is -0.323 e. The van der Waals surface area contributed by atoms with Crippen LogP contribution in [0.4, 0.5) is 0 Å². The topological polar surface area (TPSA) is 94.3 Å². The van der Waals surface area contributed by atoms with E-state index < -0.39 is 0 Å². The van der Waals surface area contributed by atoms with E-state index in [2.05, 4.69) is 20.3 Å². The number of thiazole rings is 2. The predicted molar refractivity (Wildman–Crippen MR) is 101 cm³/mol. The van der Waals surface area contributed by atoms with E-state index >= 15 is 0 Å². The quantitative estimate of drug-likeness (QED) is 0.513. The lowest BCUT2D eigenvalue weighted by molar-refractivity contribution is 0.631. The molecule has 5 aromatic rings. The number of aromatic amines is 1. The van der Waals surface area contributed by atoms with Crippen molar-refractivity contribution < 1.29 is 0 Å². The maximum absolute atomic E-state index is 12.9. The van der Waals surface area contributed by atoms with Gasteiger partial charge in [-0.25, -0.2) is 14.6 Å². The molecule has 5 heterocycles. The number of nitrogens with zero attached hydrogens (tertiary/aromatic N) is 6. The first-order valence-corrected chi connectivity index (χ1v) is 9.66. The van der Waals surface area contributed by atoms with E-state index in [-0.39, 0.29) is 5.56 Å². The maximum Gasteiger partial charge on any atom is 0.291 e. The van der Waals surface area contributed by atoms with E-state index in [0.29, 0.717) is 18.5 Å². The summed E-state index contributed by atoms with van der Waals surface area (Å²) in [5, 5.41) is 15.0. The molecule has 0 atom stereocenters. The third-order valence-corrected chi connectivity index (χ3v) is 5.98. The molecule has 0 fully saturated rings. The summed E-state index contributed by atoms with van der Waals surface area (Å²) in [5.41, 5.74) is 4.97. The second-order valence-electron chi connectivity index (χ2n) is 5.93. The highest BCUT2D eigenvalue weighted by Gasteiger charge is 2.18. The van der Waals surface area contributed by atoms with Crippen molar-refractivity contribution in [3.63, 3.8) is 0 Å². The van der Waals surface area contributed by atoms with E-state index in [0.717, 1.165) is 32.1 Å². The fourth-order valence-electron chi connectivity index (χ4n) is 3.03. The predicted octanol–water partition coefficient (Wildman–Crippen LogP) is 2.16. The summed E-state index contributed by atoms with van der Waals surface area (Å²) in [5.74, 6) is 0. The zero-order chi connectivity index (χ0) is 17.7. The lowest BCUT2D eigenvalue weighted by Crippen LogP contribution is -2.24. The smallest absolute Gasteiger partial charge is 0.291 e. The molecular formula is C16H13N7OS2. The Morgan fingerprint density at radius 3 is 3.04 bits per heavy atom. The van der Waals surface area contributed by atoms with Gasteiger partial charge in [0.25, 0.3) is 5.56 Å². The average molecular weight is 383 g/mol. The lowest BCUT2D eigenvalue weighted by atomic mass is 10.3. The molecule has 1 N–H and O–H groups in total. The molecule has 5 aromatic heterocycles. The molecule has 0 saturated heterocycles. The van der Waals surface area contributed by atoms with Gasteiger partial charge in [0.2, 0.25) is 0 Å². The molecule has 130 valence electrons. The molecule has 26 heavy (non-hydrogen) atoms. The second-order valence-corrected chi connectivity index (χ2v) is 7.73. The zero-order valence-electron chi connectivity index (χ0n) is 13.7. The third kappa shape index (κ3) is 2.37. The molecule has 0 bridgehead atoms. The van der Waals surface area contributed by atoms with Crippen LogP contribution in [0.2, 0.25) is 0 Å². The molecule has 0 aliphatic heterocycles. The summed E-state index contributed by atoms with van der Waals surface area (Å²) in [6.07, 6.45) is 4.11. The Morgan fingerprint density at radius 2 is 2.27 bits per heavy atom. The molecule has 0 radical (unpaired) electrons. The van der Waals surface area contributed by atoms with Gasteiger partial charge in [0.1, 0.15) is 10.5 Å². The summed E-state index contributed by atoms with van der Waals surface area (Å²) in [6.45, 7) is 0.357. The fourth-order valence-corrected chi connectivity index (χ4v) is 4.71. The lowest BCUT2D eigenvalue weighted by Gasteiger charge is -2.03. The summed E-state index contributed by atoms with van der Waals surface area (Å²) >= 11 is 3.17. The Bertz CT molecular complexity index is 1260. The van der Waals surface area contributed by atoms with E-state index in [1.165, 1.54) is 4.68 Å². The first-order valence-electron chi connectivity index (χ1n) is 7.90. The second kappa shape index (κ2) is 5.85. The van der Waals surface area contributed by atoms with E-state index in [4.69, 9.17) is 4.98 Å². The van der Waals surface area contributed by atoms with Crippen LogP contribution < -0.4 is 5.56 Å². The van der Waals surface area contributed by atoms with Gasteiger partial charge in [-0.3, -0.25) is 9.89 Å². The number of H-pyrrole nitrogens is 1. The number of hydrogen-bond acceptors (Lipinski definition) is 7. The van der Waals surface area contributed by atoms with Gasteiger partial charge >= 0.3 is 0 Å². The Kier molecular flexibility index (Phi) is 3.47. The number of hydrogen-bond donors (Lipinski definition) is 1. The van der Waals surface area contributed by atoms with Crippen molar-refractivity contribution >= 4 is 43.9 Å². The molecule has 0 aliphatic carbocycles. The number of aryl methyl sites for hydroxylation is 1. The van der Waals surface area contributed by atoms with E-state index in [9.17, 15) is 4.79 Å². The van der Waals surface area contributed by atoms with Crippen LogP contribution in [0.25, 0.3) is 21.3 Å². The maximum atomic E-state index is 12.9. The molecule has 0 spiro atoms. The van der Waals surface area contributed by atoms with Gasteiger partial charge in [0.15, 0.2) is 5.65 Å². The van der Waals surface area contributed by atoms with Crippen LogP contribution >= 0.6 is 22.7 Å². The molecule has 10 heteroatoms. The molecule has 0 saturated carbocycles. The Morgan fingerprint density at radius 1 is 1.35 bits per heavy atom. The normalized spacial score (nSPS) is 11.7. The average Bonchev–Trinajstić information content (AvgIpc) is 3.39. The van der Waals surface area contributed by atoms with Crippen molar-refractivity contribution in [1.29, 1.82) is 0 Å². The molecule has 0 amide bonds. The number of aromatic nitrogens is 7. The highest BCUT2D eigenvalue weighted by Crippen LogP contribution is 2.31. The third-order valence-electron chi connectivity index (χ3n) is 4.26. The fraction of sp³-hybridized carbons (Fsp3) is 0.188. The first-order chi connectivity index (χ1) is 12.7. The van der Waals surface area contributed by atoms with Gasteiger partial charge in [-0.05, 0) is 6.07 Å². The molecule has 5 rings (SSSR count). The summed E-state index contributed by atoms with van der Waals surface area (Å²) in [4.78, 5) is 21.9. The summed E-state index contributed by atoms with van der Waals surface area (Å²) in [7, 11) is 1.87. The molecule has 0 aromatic carbocycles. The van der Waals surface area contributed by atoms with Gasteiger partial charge in [-0.1, -0.05) is 0 Å². The Labute approximate surface area is 154 Å². The Balaban J connectivity index is 1.62. The first kappa shape index (κ1) is 15.4. The van der Waals surface area contributed by atoms with Crippen LogP contribution in [0.15, 0.2) is 34.1 Å². The van der Waals surface area contributed by atoms with Crippen LogP contribution in [-0.4, -0.2) is 34.5 Å². The van der Waals surface area contributed by atoms with Crippen molar-refractivity contribution in [1.82, 2.24) is 34.5 Å². The highest BCUT2D eigenvalue weighted by atomic mass is 32.1. The minimum absolute atomic E-state index is 0.133. The van der Waals surface area contributed by atoms with Crippen LogP contribution in [0, 0.1) is 0 Å². The van der Waals surface area contributed by atoms with Crippen LogP contribution in [0.5, 0.6) is 0 Å². The largest absolute Gasteiger partial charge is 0.323 e. The van der Waals surface area contributed by atoms with Gasteiger partial charge in [-0.15, -0.1) is 22.7 Å². The summed E-state index contributed by atoms with van der Waals surface area (Å²) in [6, 6.07) is 1.83. The van der Waals surface area contributed by atoms with Crippen molar-refractivity contribution in [2.24, 2.45) is 7.05 Å². The van der Waals surface area contributed by atoms with Gasteiger partial charge in [0.05, 0.1) is 34.3 Å². The highest BCUT2D eigenvalue weighted by molar-refractivity contribution is 7.19. The SMILES string of the molecule is Cn1c2nc(Cc3cscn3)sc2c2cnn(Cc3ccn[nH]3)c(=O)c21. The van der Waals surface area contributed by atoms with Crippen LogP contribution in [0.3, 0.4) is 0 Å². The van der Waals surface area contributed by atoms with Gasteiger partial charge in [0, 0.05) is 30.4 Å². The van der Waals surface area contributed by atoms with Crippen molar-refractivity contribution in [3.05, 3.63) is 56.1 Å². The van der Waals surface area contributed by atoms with Crippen LogP contribution in [-0.2, 0) is 20.0 Å². The number of rotatable bonds is 4. The molecule has 8 nitrogen and oxygen atoms in total. The monoisotopic (exact) mass is 383 g/mol. The van der Waals surface area contributed by atoms with Crippen molar-refractivity contribution in [3.8, 4) is 0 Å². The number of nitrogens with one attached hydrogen (secondary N) is 1. The van der Waals surface area contributed by atoms with E-state index in [1.54, 1.807) is 35.1 Å². The van der Waals surface area contributed by atoms with Gasteiger partial charge in [-0.2, -0.15) is 10.2 Å². The molecule has 0 aliphatic rings.